The first-order valence-electron chi connectivity index (χ1n) is 10.1. The Morgan fingerprint density at radius 1 is 1.23 bits per heavy atom. The number of methoxy groups -OCH3 is 1. The Balaban J connectivity index is 1.69. The zero-order chi connectivity index (χ0) is 21.7. The van der Waals surface area contributed by atoms with Crippen molar-refractivity contribution >= 4 is 11.6 Å². The van der Waals surface area contributed by atoms with Gasteiger partial charge in [0.1, 0.15) is 11.6 Å². The minimum absolute atomic E-state index is 0.0215. The van der Waals surface area contributed by atoms with E-state index in [1.807, 2.05) is 51.1 Å². The van der Waals surface area contributed by atoms with Gasteiger partial charge in [0.05, 0.1) is 19.4 Å². The fourth-order valence-corrected chi connectivity index (χ4v) is 3.40. The fraction of sp³-hybridized carbons (Fsp3) is 0.417. The van der Waals surface area contributed by atoms with Crippen LogP contribution in [0.1, 0.15) is 44.7 Å². The molecule has 1 unspecified atom stereocenters. The summed E-state index contributed by atoms with van der Waals surface area (Å²) in [5, 5.41) is 4.23. The lowest BCUT2D eigenvalue weighted by molar-refractivity contribution is -0.135. The molecule has 0 aliphatic carbocycles. The molecule has 160 valence electrons. The highest BCUT2D eigenvalue weighted by Gasteiger charge is 2.28. The number of carbonyl (C=O) groups excluding carboxylic acids is 1. The van der Waals surface area contributed by atoms with E-state index >= 15 is 0 Å². The number of nitrogens with zero attached hydrogens (tertiary/aromatic N) is 2. The average molecular weight is 413 g/mol. The Bertz CT molecular complexity index is 903. The second kappa shape index (κ2) is 9.28. The van der Waals surface area contributed by atoms with Gasteiger partial charge >= 0.3 is 0 Å². The van der Waals surface area contributed by atoms with Crippen LogP contribution >= 0.6 is 0 Å². The number of hydrogen-bond acceptors (Lipinski definition) is 4. The number of ether oxygens (including phenoxy) is 1. The van der Waals surface area contributed by atoms with Gasteiger partial charge in [-0.25, -0.2) is 4.39 Å². The number of halogens is 1. The molecule has 1 atom stereocenters. The molecule has 0 saturated heterocycles. The van der Waals surface area contributed by atoms with Crippen molar-refractivity contribution < 1.29 is 18.8 Å². The van der Waals surface area contributed by atoms with Crippen LogP contribution in [0.2, 0.25) is 0 Å². The quantitative estimate of drug-likeness (QED) is 0.657. The Hall–Kier alpha value is -2.89. The largest absolute Gasteiger partial charge is 0.497 e. The molecule has 0 fully saturated rings. The first kappa shape index (κ1) is 21.8. The molecule has 0 aromatic heterocycles. The molecule has 1 aliphatic rings. The number of benzene rings is 2. The van der Waals surface area contributed by atoms with Crippen molar-refractivity contribution in [1.82, 2.24) is 4.90 Å². The fourth-order valence-electron chi connectivity index (χ4n) is 3.40. The average Bonchev–Trinajstić information content (AvgIpc) is 3.15. The van der Waals surface area contributed by atoms with Crippen molar-refractivity contribution in [2.45, 2.75) is 46.3 Å². The molecule has 1 aliphatic heterocycles. The summed E-state index contributed by atoms with van der Waals surface area (Å²) < 4.78 is 18.8. The maximum absolute atomic E-state index is 13.6. The molecule has 1 amide bonds. The second-order valence-electron chi connectivity index (χ2n) is 8.84. The normalized spacial score (nSPS) is 16.0. The van der Waals surface area contributed by atoms with Gasteiger partial charge in [0, 0.05) is 19.4 Å². The molecule has 0 bridgehead atoms. The van der Waals surface area contributed by atoms with Crippen LogP contribution in [0.3, 0.4) is 0 Å². The molecule has 6 heteroatoms. The summed E-state index contributed by atoms with van der Waals surface area (Å²) in [7, 11) is 1.63. The van der Waals surface area contributed by atoms with E-state index in [1.54, 1.807) is 18.1 Å². The first-order chi connectivity index (χ1) is 14.2. The molecule has 5 nitrogen and oxygen atoms in total. The predicted octanol–water partition coefficient (Wildman–Crippen LogP) is 4.79. The molecular weight excluding hydrogens is 383 g/mol. The van der Waals surface area contributed by atoms with Crippen molar-refractivity contribution in [2.24, 2.45) is 10.6 Å². The summed E-state index contributed by atoms with van der Waals surface area (Å²) in [6, 6.07) is 14.0. The topological polar surface area (TPSA) is 51.1 Å². The lowest BCUT2D eigenvalue weighted by atomic mass is 9.91. The summed E-state index contributed by atoms with van der Waals surface area (Å²) in [5.41, 5.74) is 2.43. The second-order valence-corrected chi connectivity index (χ2v) is 8.84. The third-order valence-corrected chi connectivity index (χ3v) is 4.88. The van der Waals surface area contributed by atoms with Gasteiger partial charge in [-0.15, -0.1) is 0 Å². The first-order valence-corrected chi connectivity index (χ1v) is 10.1. The number of amides is 1. The van der Waals surface area contributed by atoms with Crippen LogP contribution in [-0.4, -0.2) is 36.3 Å². The molecule has 0 N–H and O–H groups in total. The van der Waals surface area contributed by atoms with Crippen molar-refractivity contribution in [3.8, 4) is 5.75 Å². The standard InChI is InChI=1S/C24H29FN2O3/c1-24(2,3)14-23(28)27(15-17-6-5-7-19(25)12-17)16-21-13-22(26-30-21)18-8-10-20(29-4)11-9-18/h5-12,21H,13-16H2,1-4H3. The van der Waals surface area contributed by atoms with E-state index < -0.39 is 0 Å². The van der Waals surface area contributed by atoms with Crippen LogP contribution in [-0.2, 0) is 16.2 Å². The Kier molecular flexibility index (Phi) is 6.75. The van der Waals surface area contributed by atoms with Crippen LogP contribution < -0.4 is 4.74 Å². The number of oxime groups is 1. The highest BCUT2D eigenvalue weighted by Crippen LogP contribution is 2.24. The zero-order valence-electron chi connectivity index (χ0n) is 18.0. The molecule has 0 radical (unpaired) electrons. The third-order valence-electron chi connectivity index (χ3n) is 4.88. The summed E-state index contributed by atoms with van der Waals surface area (Å²) in [6.07, 6.45) is 0.773. The number of carbonyl (C=O) groups is 1. The third kappa shape index (κ3) is 6.05. The molecule has 2 aromatic rings. The lowest BCUT2D eigenvalue weighted by Gasteiger charge is -2.28. The zero-order valence-corrected chi connectivity index (χ0v) is 18.0. The predicted molar refractivity (Wildman–Crippen MR) is 115 cm³/mol. The van der Waals surface area contributed by atoms with Crippen molar-refractivity contribution in [1.29, 1.82) is 0 Å². The molecule has 2 aromatic carbocycles. The maximum atomic E-state index is 13.6. The maximum Gasteiger partial charge on any atom is 0.223 e. The molecule has 1 heterocycles. The Morgan fingerprint density at radius 3 is 2.60 bits per heavy atom. The molecular formula is C24H29FN2O3. The minimum atomic E-state index is -0.307. The van der Waals surface area contributed by atoms with Gasteiger partial charge in [0.2, 0.25) is 5.91 Å². The summed E-state index contributed by atoms with van der Waals surface area (Å²) in [5.74, 6) is 0.495. The van der Waals surface area contributed by atoms with Crippen molar-refractivity contribution in [3.05, 3.63) is 65.5 Å². The summed E-state index contributed by atoms with van der Waals surface area (Å²) in [4.78, 5) is 20.4. The monoisotopic (exact) mass is 412 g/mol. The number of rotatable bonds is 7. The van der Waals surface area contributed by atoms with Gasteiger partial charge < -0.3 is 14.5 Å². The summed E-state index contributed by atoms with van der Waals surface area (Å²) in [6.45, 7) is 6.83. The Labute approximate surface area is 177 Å². The Morgan fingerprint density at radius 2 is 1.97 bits per heavy atom. The van der Waals surface area contributed by atoms with Crippen molar-refractivity contribution in [3.63, 3.8) is 0 Å². The van der Waals surface area contributed by atoms with E-state index in [0.717, 1.165) is 22.6 Å². The van der Waals surface area contributed by atoms with Crippen LogP contribution in [0.4, 0.5) is 4.39 Å². The molecule has 0 spiro atoms. The van der Waals surface area contributed by atoms with Gasteiger partial charge in [-0.05, 0) is 52.9 Å². The highest BCUT2D eigenvalue weighted by atomic mass is 19.1. The minimum Gasteiger partial charge on any atom is -0.497 e. The van der Waals surface area contributed by atoms with E-state index in [0.29, 0.717) is 25.9 Å². The van der Waals surface area contributed by atoms with Crippen LogP contribution in [0.5, 0.6) is 5.75 Å². The van der Waals surface area contributed by atoms with E-state index in [4.69, 9.17) is 9.57 Å². The summed E-state index contributed by atoms with van der Waals surface area (Å²) >= 11 is 0. The highest BCUT2D eigenvalue weighted by molar-refractivity contribution is 6.01. The van der Waals surface area contributed by atoms with Crippen molar-refractivity contribution in [2.75, 3.05) is 13.7 Å². The van der Waals surface area contributed by atoms with E-state index in [9.17, 15) is 9.18 Å². The van der Waals surface area contributed by atoms with E-state index in [1.165, 1.54) is 12.1 Å². The molecule has 0 saturated carbocycles. The molecule has 30 heavy (non-hydrogen) atoms. The smallest absolute Gasteiger partial charge is 0.223 e. The number of hydrogen-bond donors (Lipinski definition) is 0. The van der Waals surface area contributed by atoms with Gasteiger partial charge in [-0.1, -0.05) is 38.1 Å². The van der Waals surface area contributed by atoms with Crippen LogP contribution in [0.25, 0.3) is 0 Å². The van der Waals surface area contributed by atoms with Crippen LogP contribution in [0, 0.1) is 11.2 Å². The lowest BCUT2D eigenvalue weighted by Crippen LogP contribution is -2.38. The van der Waals surface area contributed by atoms with E-state index in [-0.39, 0.29) is 23.2 Å². The molecule has 3 rings (SSSR count). The van der Waals surface area contributed by atoms with Gasteiger partial charge in [-0.2, -0.15) is 0 Å². The van der Waals surface area contributed by atoms with Gasteiger partial charge in [-0.3, -0.25) is 4.79 Å². The van der Waals surface area contributed by atoms with Crippen LogP contribution in [0.15, 0.2) is 53.7 Å². The van der Waals surface area contributed by atoms with Gasteiger partial charge in [0.25, 0.3) is 0 Å². The SMILES string of the molecule is COc1ccc(C2=NOC(CN(Cc3cccc(F)c3)C(=O)CC(C)(C)C)C2)cc1. The van der Waals surface area contributed by atoms with E-state index in [2.05, 4.69) is 5.16 Å². The van der Waals surface area contributed by atoms with Gasteiger partial charge in [0.15, 0.2) is 6.10 Å².